The number of likely N-dealkylation sites (tertiary alicyclic amines) is 1. The summed E-state index contributed by atoms with van der Waals surface area (Å²) in [4.78, 5) is 14.5. The quantitative estimate of drug-likeness (QED) is 0.779. The van der Waals surface area contributed by atoms with Crippen LogP contribution < -0.4 is 11.1 Å². The van der Waals surface area contributed by atoms with Gasteiger partial charge in [-0.25, -0.2) is 4.68 Å². The van der Waals surface area contributed by atoms with Crippen molar-refractivity contribution in [1.82, 2.24) is 14.7 Å². The summed E-state index contributed by atoms with van der Waals surface area (Å²) in [6.07, 6.45) is 3.86. The number of carbonyl (C=O) groups is 1. The lowest BCUT2D eigenvalue weighted by atomic mass is 10.1. The maximum atomic E-state index is 12.1. The molecule has 0 aromatic carbocycles. The molecule has 1 aromatic rings. The maximum absolute atomic E-state index is 12.1. The summed E-state index contributed by atoms with van der Waals surface area (Å²) in [6, 6.07) is 2.19. The highest BCUT2D eigenvalue weighted by Crippen LogP contribution is 2.25. The summed E-state index contributed by atoms with van der Waals surface area (Å²) in [5.41, 5.74) is 5.55. The molecule has 1 amide bonds. The first-order chi connectivity index (χ1) is 10.7. The zero-order chi connectivity index (χ0) is 15.9. The van der Waals surface area contributed by atoms with Gasteiger partial charge in [0, 0.05) is 32.8 Å². The van der Waals surface area contributed by atoms with E-state index in [1.165, 1.54) is 0 Å². The van der Waals surface area contributed by atoms with E-state index in [4.69, 9.17) is 10.5 Å². The minimum Gasteiger partial charge on any atom is -0.380 e. The molecule has 2 heterocycles. The summed E-state index contributed by atoms with van der Waals surface area (Å²) in [5.74, 6) is 0.664. The Kier molecular flexibility index (Phi) is 6.35. The molecule has 3 N–H and O–H groups in total. The van der Waals surface area contributed by atoms with Crippen molar-refractivity contribution in [2.75, 3.05) is 38.6 Å². The number of hydrogen-bond donors (Lipinski definition) is 2. The molecule has 2 rings (SSSR count). The highest BCUT2D eigenvalue weighted by Gasteiger charge is 2.22. The van der Waals surface area contributed by atoms with Gasteiger partial charge in [-0.3, -0.25) is 4.79 Å². The Morgan fingerprint density at radius 1 is 1.55 bits per heavy atom. The van der Waals surface area contributed by atoms with Gasteiger partial charge in [0.1, 0.15) is 5.82 Å². The SMILES string of the molecule is CCN1CCC(n2nccc2NC(=O)CC(CN)OC)CC1. The van der Waals surface area contributed by atoms with Crippen LogP contribution in [0.4, 0.5) is 5.82 Å². The molecule has 0 saturated carbocycles. The van der Waals surface area contributed by atoms with Crippen LogP contribution in [-0.4, -0.2) is 60.0 Å². The van der Waals surface area contributed by atoms with E-state index in [0.29, 0.717) is 12.6 Å². The van der Waals surface area contributed by atoms with Gasteiger partial charge in [0.15, 0.2) is 0 Å². The summed E-state index contributed by atoms with van der Waals surface area (Å²) in [5, 5.41) is 7.32. The topological polar surface area (TPSA) is 85.4 Å². The van der Waals surface area contributed by atoms with Gasteiger partial charge in [0.25, 0.3) is 0 Å². The summed E-state index contributed by atoms with van der Waals surface area (Å²) < 4.78 is 7.09. The molecule has 1 unspecified atom stereocenters. The van der Waals surface area contributed by atoms with E-state index in [2.05, 4.69) is 22.2 Å². The predicted molar refractivity (Wildman–Crippen MR) is 85.7 cm³/mol. The van der Waals surface area contributed by atoms with E-state index in [1.54, 1.807) is 13.3 Å². The van der Waals surface area contributed by atoms with Crippen LogP contribution in [0.3, 0.4) is 0 Å². The molecule has 0 radical (unpaired) electrons. The molecule has 0 aliphatic carbocycles. The van der Waals surface area contributed by atoms with Crippen molar-refractivity contribution >= 4 is 11.7 Å². The minimum absolute atomic E-state index is 0.0926. The first kappa shape index (κ1) is 16.9. The van der Waals surface area contributed by atoms with Crippen molar-refractivity contribution in [3.05, 3.63) is 12.3 Å². The lowest BCUT2D eigenvalue weighted by molar-refractivity contribution is -0.118. The van der Waals surface area contributed by atoms with Crippen molar-refractivity contribution in [1.29, 1.82) is 0 Å². The third-order valence-corrected chi connectivity index (χ3v) is 4.30. The van der Waals surface area contributed by atoms with Crippen LogP contribution in [0, 0.1) is 0 Å². The first-order valence-electron chi connectivity index (χ1n) is 7.96. The number of piperidine rings is 1. The maximum Gasteiger partial charge on any atom is 0.228 e. The summed E-state index contributed by atoms with van der Waals surface area (Å²) in [6.45, 7) is 5.76. The molecule has 124 valence electrons. The number of nitrogens with two attached hydrogens (primary N) is 1. The Balaban J connectivity index is 1.93. The number of hydrogen-bond acceptors (Lipinski definition) is 5. The van der Waals surface area contributed by atoms with E-state index in [1.807, 2.05) is 10.7 Å². The molecule has 1 atom stereocenters. The molecule has 1 aromatic heterocycles. The number of methoxy groups -OCH3 is 1. The third-order valence-electron chi connectivity index (χ3n) is 4.30. The predicted octanol–water partition coefficient (Wildman–Crippen LogP) is 0.842. The Bertz CT molecular complexity index is 464. The van der Waals surface area contributed by atoms with Crippen molar-refractivity contribution in [3.8, 4) is 0 Å². The Morgan fingerprint density at radius 3 is 2.86 bits per heavy atom. The second-order valence-corrected chi connectivity index (χ2v) is 5.67. The molecule has 1 aliphatic heterocycles. The molecule has 0 bridgehead atoms. The number of ether oxygens (including phenoxy) is 1. The van der Waals surface area contributed by atoms with Crippen LogP contribution in [0.5, 0.6) is 0 Å². The lowest BCUT2D eigenvalue weighted by Gasteiger charge is -2.31. The second kappa shape index (κ2) is 8.26. The van der Waals surface area contributed by atoms with Crippen molar-refractivity contribution < 1.29 is 9.53 Å². The average molecular weight is 309 g/mol. The first-order valence-corrected chi connectivity index (χ1v) is 7.96. The largest absolute Gasteiger partial charge is 0.380 e. The Hall–Kier alpha value is -1.44. The van der Waals surface area contributed by atoms with Crippen LogP contribution in [-0.2, 0) is 9.53 Å². The molecule has 7 nitrogen and oxygen atoms in total. The number of rotatable bonds is 7. The van der Waals surface area contributed by atoms with Crippen LogP contribution in [0.15, 0.2) is 12.3 Å². The van der Waals surface area contributed by atoms with Crippen molar-refractivity contribution in [2.24, 2.45) is 5.73 Å². The molecule has 1 fully saturated rings. The van der Waals surface area contributed by atoms with E-state index >= 15 is 0 Å². The van der Waals surface area contributed by atoms with Crippen LogP contribution in [0.1, 0.15) is 32.2 Å². The fraction of sp³-hybridized carbons (Fsp3) is 0.733. The number of nitrogens with one attached hydrogen (secondary N) is 1. The lowest BCUT2D eigenvalue weighted by Crippen LogP contribution is -2.35. The van der Waals surface area contributed by atoms with Gasteiger partial charge in [-0.1, -0.05) is 6.92 Å². The van der Waals surface area contributed by atoms with Gasteiger partial charge in [-0.05, 0) is 19.4 Å². The highest BCUT2D eigenvalue weighted by atomic mass is 16.5. The Morgan fingerprint density at radius 2 is 2.27 bits per heavy atom. The highest BCUT2D eigenvalue weighted by molar-refractivity contribution is 5.90. The van der Waals surface area contributed by atoms with Crippen molar-refractivity contribution in [2.45, 2.75) is 38.3 Å². The van der Waals surface area contributed by atoms with Crippen molar-refractivity contribution in [3.63, 3.8) is 0 Å². The molecule has 1 aliphatic rings. The van der Waals surface area contributed by atoms with Gasteiger partial charge < -0.3 is 20.7 Å². The van der Waals surface area contributed by atoms with Crippen LogP contribution in [0.2, 0.25) is 0 Å². The normalized spacial score (nSPS) is 18.3. The fourth-order valence-electron chi connectivity index (χ4n) is 2.85. The molecular weight excluding hydrogens is 282 g/mol. The van der Waals surface area contributed by atoms with E-state index in [0.717, 1.165) is 38.3 Å². The zero-order valence-corrected chi connectivity index (χ0v) is 13.5. The Labute approximate surface area is 131 Å². The molecule has 22 heavy (non-hydrogen) atoms. The average Bonchev–Trinajstić information content (AvgIpc) is 3.00. The van der Waals surface area contributed by atoms with Gasteiger partial charge in [0.2, 0.25) is 5.91 Å². The number of aromatic nitrogens is 2. The summed E-state index contributed by atoms with van der Waals surface area (Å²) in [7, 11) is 1.57. The number of amides is 1. The minimum atomic E-state index is -0.246. The van der Waals surface area contributed by atoms with Gasteiger partial charge in [-0.15, -0.1) is 0 Å². The van der Waals surface area contributed by atoms with Gasteiger partial charge in [-0.2, -0.15) is 5.10 Å². The van der Waals surface area contributed by atoms with Crippen LogP contribution >= 0.6 is 0 Å². The second-order valence-electron chi connectivity index (χ2n) is 5.67. The molecule has 7 heteroatoms. The number of carbonyl (C=O) groups excluding carboxylic acids is 1. The zero-order valence-electron chi connectivity index (χ0n) is 13.5. The molecule has 1 saturated heterocycles. The number of nitrogens with zero attached hydrogens (tertiary/aromatic N) is 3. The van der Waals surface area contributed by atoms with E-state index < -0.39 is 0 Å². The molecule has 0 spiro atoms. The van der Waals surface area contributed by atoms with E-state index in [-0.39, 0.29) is 18.4 Å². The fourth-order valence-corrected chi connectivity index (χ4v) is 2.85. The standard InChI is InChI=1S/C15H27N5O2/c1-3-19-8-5-12(6-9-19)20-14(4-7-17-20)18-15(21)10-13(11-16)22-2/h4,7,12-13H,3,5-6,8-11,16H2,1-2H3,(H,18,21). The van der Waals surface area contributed by atoms with E-state index in [9.17, 15) is 4.79 Å². The third kappa shape index (κ3) is 4.28. The smallest absolute Gasteiger partial charge is 0.228 e. The van der Waals surface area contributed by atoms with Gasteiger partial charge in [0.05, 0.1) is 24.8 Å². The summed E-state index contributed by atoms with van der Waals surface area (Å²) >= 11 is 0. The number of anilines is 1. The molecular formula is C15H27N5O2. The van der Waals surface area contributed by atoms with Gasteiger partial charge >= 0.3 is 0 Å². The monoisotopic (exact) mass is 309 g/mol. The van der Waals surface area contributed by atoms with Crippen LogP contribution in [0.25, 0.3) is 0 Å².